The molecule has 1 aliphatic heterocycles. The molecule has 0 amide bonds. The highest BCUT2D eigenvalue weighted by molar-refractivity contribution is 7.99. The van der Waals surface area contributed by atoms with Crippen LogP contribution in [0.25, 0.3) is 10.2 Å². The average molecular weight is 504 g/mol. The van der Waals surface area contributed by atoms with Crippen LogP contribution >= 0.6 is 23.1 Å². The summed E-state index contributed by atoms with van der Waals surface area (Å²) >= 11 is 3.37. The summed E-state index contributed by atoms with van der Waals surface area (Å²) in [6, 6.07) is 20.8. The molecule has 2 aromatic heterocycles. The minimum Gasteiger partial charge on any atom is -0.375 e. The Morgan fingerprint density at radius 1 is 1.00 bits per heavy atom. The van der Waals surface area contributed by atoms with E-state index in [9.17, 15) is 4.79 Å². The quantitative estimate of drug-likeness (QED) is 0.263. The van der Waals surface area contributed by atoms with Crippen LogP contribution in [-0.4, -0.2) is 46.0 Å². The molecule has 1 atom stereocenters. The van der Waals surface area contributed by atoms with Crippen molar-refractivity contribution in [1.82, 2.24) is 14.5 Å². The van der Waals surface area contributed by atoms with Crippen molar-refractivity contribution in [2.75, 3.05) is 25.4 Å². The molecule has 4 aromatic rings. The third-order valence-electron chi connectivity index (χ3n) is 6.84. The minimum atomic E-state index is 0.107. The molecule has 5 nitrogen and oxygen atoms in total. The molecule has 1 aliphatic carbocycles. The molecule has 0 unspecified atom stereocenters. The largest absolute Gasteiger partial charge is 0.375 e. The lowest BCUT2D eigenvalue weighted by molar-refractivity contribution is -0.0187. The molecular formula is C28H29N3O2S2. The maximum absolute atomic E-state index is 13.8. The zero-order valence-corrected chi connectivity index (χ0v) is 21.3. The predicted molar refractivity (Wildman–Crippen MR) is 144 cm³/mol. The predicted octanol–water partition coefficient (Wildman–Crippen LogP) is 4.99. The fraction of sp³-hybridized carbons (Fsp3) is 0.357. The van der Waals surface area contributed by atoms with E-state index in [0.717, 1.165) is 72.2 Å². The highest BCUT2D eigenvalue weighted by atomic mass is 32.2. The molecule has 0 radical (unpaired) electrons. The summed E-state index contributed by atoms with van der Waals surface area (Å²) in [5, 5.41) is 1.65. The van der Waals surface area contributed by atoms with Gasteiger partial charge in [0, 0.05) is 30.3 Å². The summed E-state index contributed by atoms with van der Waals surface area (Å²) in [7, 11) is 0. The van der Waals surface area contributed by atoms with Crippen molar-refractivity contribution in [2.45, 2.75) is 43.6 Å². The maximum atomic E-state index is 13.8. The third kappa shape index (κ3) is 4.96. The van der Waals surface area contributed by atoms with Crippen LogP contribution in [-0.2, 0) is 30.7 Å². The van der Waals surface area contributed by atoms with Crippen LogP contribution < -0.4 is 5.56 Å². The van der Waals surface area contributed by atoms with Gasteiger partial charge in [-0.1, -0.05) is 72.4 Å². The van der Waals surface area contributed by atoms with E-state index in [1.54, 1.807) is 23.1 Å². The van der Waals surface area contributed by atoms with Crippen LogP contribution in [0.1, 0.15) is 28.0 Å². The van der Waals surface area contributed by atoms with Gasteiger partial charge in [-0.25, -0.2) is 4.98 Å². The topological polar surface area (TPSA) is 47.4 Å². The van der Waals surface area contributed by atoms with Gasteiger partial charge in [0.15, 0.2) is 5.16 Å². The molecule has 35 heavy (non-hydrogen) atoms. The SMILES string of the molecule is O=c1c2c3c(sc2nc(SC[C@@H]2CN(Cc4ccccc4)CCO2)n1Cc1ccccc1)CCC3. The third-order valence-corrected chi connectivity index (χ3v) is 9.14. The van der Waals surface area contributed by atoms with Crippen molar-refractivity contribution < 1.29 is 4.74 Å². The molecule has 2 aromatic carbocycles. The first-order valence-corrected chi connectivity index (χ1v) is 14.1. The van der Waals surface area contributed by atoms with Gasteiger partial charge < -0.3 is 4.74 Å². The van der Waals surface area contributed by atoms with E-state index in [1.807, 2.05) is 22.8 Å². The average Bonchev–Trinajstić information content (AvgIpc) is 3.47. The van der Waals surface area contributed by atoms with Gasteiger partial charge >= 0.3 is 0 Å². The summed E-state index contributed by atoms with van der Waals surface area (Å²) in [4.78, 5) is 23.5. The molecule has 0 bridgehead atoms. The summed E-state index contributed by atoms with van der Waals surface area (Å²) in [6.45, 7) is 4.05. The molecule has 6 rings (SSSR count). The van der Waals surface area contributed by atoms with E-state index in [4.69, 9.17) is 9.72 Å². The highest BCUT2D eigenvalue weighted by Crippen LogP contribution is 2.36. The monoisotopic (exact) mass is 503 g/mol. The molecule has 0 spiro atoms. The summed E-state index contributed by atoms with van der Waals surface area (Å²) in [5.74, 6) is 0.781. The van der Waals surface area contributed by atoms with Gasteiger partial charge in [0.1, 0.15) is 4.83 Å². The van der Waals surface area contributed by atoms with Crippen molar-refractivity contribution >= 4 is 33.3 Å². The van der Waals surface area contributed by atoms with E-state index < -0.39 is 0 Å². The number of aryl methyl sites for hydroxylation is 2. The zero-order valence-electron chi connectivity index (χ0n) is 19.7. The fourth-order valence-corrected chi connectivity index (χ4v) is 7.41. The molecule has 7 heteroatoms. The van der Waals surface area contributed by atoms with Crippen LogP contribution in [0.3, 0.4) is 0 Å². The number of thioether (sulfide) groups is 1. The molecule has 1 fully saturated rings. The van der Waals surface area contributed by atoms with E-state index in [2.05, 4.69) is 47.4 Å². The highest BCUT2D eigenvalue weighted by Gasteiger charge is 2.25. The number of hydrogen-bond acceptors (Lipinski definition) is 6. The molecule has 2 aliphatic rings. The van der Waals surface area contributed by atoms with E-state index in [-0.39, 0.29) is 11.7 Å². The summed E-state index contributed by atoms with van der Waals surface area (Å²) in [5.41, 5.74) is 3.80. The van der Waals surface area contributed by atoms with Crippen molar-refractivity contribution in [3.8, 4) is 0 Å². The van der Waals surface area contributed by atoms with Crippen LogP contribution in [0.5, 0.6) is 0 Å². The van der Waals surface area contributed by atoms with Crippen LogP contribution in [0.2, 0.25) is 0 Å². The van der Waals surface area contributed by atoms with Crippen molar-refractivity contribution in [2.24, 2.45) is 0 Å². The van der Waals surface area contributed by atoms with Crippen molar-refractivity contribution in [3.63, 3.8) is 0 Å². The lowest BCUT2D eigenvalue weighted by Gasteiger charge is -2.32. The second-order valence-electron chi connectivity index (χ2n) is 9.33. The fourth-order valence-electron chi connectivity index (χ4n) is 5.11. The first kappa shape index (κ1) is 23.0. The smallest absolute Gasteiger partial charge is 0.263 e. The van der Waals surface area contributed by atoms with Gasteiger partial charge in [-0.05, 0) is 36.0 Å². The number of thiophene rings is 1. The maximum Gasteiger partial charge on any atom is 0.263 e. The van der Waals surface area contributed by atoms with Crippen LogP contribution in [0.15, 0.2) is 70.6 Å². The Labute approximate surface area is 213 Å². The Balaban J connectivity index is 1.24. The zero-order chi connectivity index (χ0) is 23.6. The van der Waals surface area contributed by atoms with E-state index in [1.165, 1.54) is 16.0 Å². The van der Waals surface area contributed by atoms with Gasteiger partial charge in [0.05, 0.1) is 24.6 Å². The number of benzene rings is 2. The number of nitrogens with zero attached hydrogens (tertiary/aromatic N) is 3. The molecule has 180 valence electrons. The van der Waals surface area contributed by atoms with Crippen molar-refractivity contribution in [3.05, 3.63) is 92.6 Å². The Hall–Kier alpha value is -2.45. The normalized spacial score (nSPS) is 18.2. The number of rotatable bonds is 7. The first-order chi connectivity index (χ1) is 17.2. The van der Waals surface area contributed by atoms with Gasteiger partial charge in [0.2, 0.25) is 0 Å². The summed E-state index contributed by atoms with van der Waals surface area (Å²) < 4.78 is 8.01. The van der Waals surface area contributed by atoms with E-state index in [0.29, 0.717) is 6.54 Å². The lowest BCUT2D eigenvalue weighted by Crippen LogP contribution is -2.43. The van der Waals surface area contributed by atoms with Gasteiger partial charge in [0.25, 0.3) is 5.56 Å². The van der Waals surface area contributed by atoms with Gasteiger partial charge in [-0.3, -0.25) is 14.3 Å². The Kier molecular flexibility index (Phi) is 6.74. The number of ether oxygens (including phenoxy) is 1. The Morgan fingerprint density at radius 2 is 1.74 bits per heavy atom. The standard InChI is InChI=1S/C28H29N3O2S2/c32-27-25-23-12-7-13-24(23)35-26(25)29-28(31(27)17-21-10-5-2-6-11-21)34-19-22-18-30(14-15-33-22)16-20-8-3-1-4-9-20/h1-6,8-11,22H,7,12-19H2/t22-/m0/s1. The Bertz CT molecular complexity index is 1370. The number of fused-ring (bicyclic) bond motifs is 3. The summed E-state index contributed by atoms with van der Waals surface area (Å²) in [6.07, 6.45) is 3.33. The van der Waals surface area contributed by atoms with Crippen LogP contribution in [0, 0.1) is 0 Å². The number of aromatic nitrogens is 2. The molecule has 1 saturated heterocycles. The molecular weight excluding hydrogens is 474 g/mol. The number of morpholine rings is 1. The molecule has 3 heterocycles. The molecule has 0 N–H and O–H groups in total. The van der Waals surface area contributed by atoms with Gasteiger partial charge in [-0.2, -0.15) is 0 Å². The van der Waals surface area contributed by atoms with Crippen molar-refractivity contribution in [1.29, 1.82) is 0 Å². The van der Waals surface area contributed by atoms with Crippen LogP contribution in [0.4, 0.5) is 0 Å². The number of hydrogen-bond donors (Lipinski definition) is 0. The molecule has 0 saturated carbocycles. The minimum absolute atomic E-state index is 0.107. The second kappa shape index (κ2) is 10.3. The lowest BCUT2D eigenvalue weighted by atomic mass is 10.2. The second-order valence-corrected chi connectivity index (χ2v) is 11.4. The van der Waals surface area contributed by atoms with Gasteiger partial charge in [-0.15, -0.1) is 11.3 Å². The Morgan fingerprint density at radius 3 is 2.51 bits per heavy atom. The van der Waals surface area contributed by atoms with E-state index >= 15 is 0 Å². The first-order valence-electron chi connectivity index (χ1n) is 12.3.